The first-order valence-electron chi connectivity index (χ1n) is 7.67. The first-order chi connectivity index (χ1) is 10.4. The van der Waals surface area contributed by atoms with Crippen LogP contribution in [0.25, 0.3) is 0 Å². The fraction of sp³-hybridized carbons (Fsp3) is 0.471. The molecular weight excluding hydrogens is 276 g/mol. The van der Waals surface area contributed by atoms with Crippen LogP contribution in [0.4, 0.5) is 0 Å². The zero-order valence-corrected chi connectivity index (χ0v) is 13.4. The number of hydrogen-bond donors (Lipinski definition) is 1. The van der Waals surface area contributed by atoms with Gasteiger partial charge < -0.3 is 4.98 Å². The molecule has 0 aromatic carbocycles. The molecule has 0 bridgehead atoms. The van der Waals surface area contributed by atoms with Gasteiger partial charge in [0.25, 0.3) is 5.56 Å². The monoisotopic (exact) mass is 298 g/mol. The minimum atomic E-state index is -0.153. The topological polar surface area (TPSA) is 61.9 Å². The largest absolute Gasteiger partial charge is 0.310 e. The molecule has 1 N–H and O–H groups in total. The van der Waals surface area contributed by atoms with E-state index in [1.54, 1.807) is 6.20 Å². The van der Waals surface area contributed by atoms with Crippen molar-refractivity contribution in [1.29, 1.82) is 0 Å². The first-order valence-corrected chi connectivity index (χ1v) is 7.67. The van der Waals surface area contributed by atoms with E-state index >= 15 is 0 Å². The molecule has 3 rings (SSSR count). The van der Waals surface area contributed by atoms with Gasteiger partial charge in [-0.3, -0.25) is 14.7 Å². The van der Waals surface area contributed by atoms with E-state index in [0.29, 0.717) is 0 Å². The van der Waals surface area contributed by atoms with Gasteiger partial charge >= 0.3 is 0 Å². The number of aromatic amines is 1. The number of aromatic nitrogens is 3. The standard InChI is InChI=1S/C17H22N4O/c1-17(2,3)16-19-14-11-21(8-6-13(14)15(22)20-16)10-12-5-4-7-18-9-12/h4-5,7,9H,6,8,10-11H2,1-3H3,(H,19,20,22). The summed E-state index contributed by atoms with van der Waals surface area (Å²) in [6, 6.07) is 4.03. The number of nitrogens with zero attached hydrogens (tertiary/aromatic N) is 3. The Bertz CT molecular complexity index is 716. The fourth-order valence-electron chi connectivity index (χ4n) is 2.73. The van der Waals surface area contributed by atoms with Crippen LogP contribution in [0, 0.1) is 0 Å². The molecule has 1 aliphatic rings. The molecule has 5 nitrogen and oxygen atoms in total. The molecule has 0 saturated carbocycles. The second-order valence-corrected chi connectivity index (χ2v) is 6.91. The minimum absolute atomic E-state index is 0.0240. The summed E-state index contributed by atoms with van der Waals surface area (Å²) in [7, 11) is 0. The van der Waals surface area contributed by atoms with Crippen LogP contribution in [0.15, 0.2) is 29.3 Å². The normalized spacial score (nSPS) is 15.6. The molecule has 0 unspecified atom stereocenters. The first kappa shape index (κ1) is 14.9. The number of fused-ring (bicyclic) bond motifs is 1. The van der Waals surface area contributed by atoms with Crippen molar-refractivity contribution < 1.29 is 0 Å². The van der Waals surface area contributed by atoms with Crippen LogP contribution in [0.2, 0.25) is 0 Å². The zero-order valence-electron chi connectivity index (χ0n) is 13.4. The van der Waals surface area contributed by atoms with Gasteiger partial charge in [0.05, 0.1) is 5.69 Å². The van der Waals surface area contributed by atoms with Crippen molar-refractivity contribution in [2.24, 2.45) is 0 Å². The molecule has 3 heterocycles. The summed E-state index contributed by atoms with van der Waals surface area (Å²) in [6.07, 6.45) is 4.43. The highest BCUT2D eigenvalue weighted by Crippen LogP contribution is 2.21. The Morgan fingerprint density at radius 2 is 2.18 bits per heavy atom. The lowest BCUT2D eigenvalue weighted by Crippen LogP contribution is -2.36. The van der Waals surface area contributed by atoms with Crippen molar-refractivity contribution in [2.45, 2.75) is 45.7 Å². The molecule has 0 fully saturated rings. The third-order valence-electron chi connectivity index (χ3n) is 3.99. The van der Waals surface area contributed by atoms with E-state index in [1.165, 1.54) is 5.56 Å². The lowest BCUT2D eigenvalue weighted by atomic mass is 9.95. The number of H-pyrrole nitrogens is 1. The average Bonchev–Trinajstić information content (AvgIpc) is 2.47. The van der Waals surface area contributed by atoms with Crippen molar-refractivity contribution in [1.82, 2.24) is 19.9 Å². The molecule has 2 aromatic rings. The van der Waals surface area contributed by atoms with E-state index in [1.807, 2.05) is 12.3 Å². The Morgan fingerprint density at radius 3 is 2.86 bits per heavy atom. The summed E-state index contributed by atoms with van der Waals surface area (Å²) in [5, 5.41) is 0. The molecular formula is C17H22N4O. The van der Waals surface area contributed by atoms with Gasteiger partial charge in [0.1, 0.15) is 5.82 Å². The number of nitrogens with one attached hydrogen (secondary N) is 1. The van der Waals surface area contributed by atoms with Crippen LogP contribution in [0.5, 0.6) is 0 Å². The lowest BCUT2D eigenvalue weighted by Gasteiger charge is -2.28. The second-order valence-electron chi connectivity index (χ2n) is 6.91. The van der Waals surface area contributed by atoms with Crippen molar-refractivity contribution in [2.75, 3.05) is 6.54 Å². The maximum Gasteiger partial charge on any atom is 0.254 e. The van der Waals surface area contributed by atoms with E-state index in [2.05, 4.69) is 41.7 Å². The van der Waals surface area contributed by atoms with E-state index in [0.717, 1.165) is 43.1 Å². The molecule has 22 heavy (non-hydrogen) atoms. The second kappa shape index (κ2) is 5.65. The zero-order chi connectivity index (χ0) is 15.7. The highest BCUT2D eigenvalue weighted by atomic mass is 16.1. The summed E-state index contributed by atoms with van der Waals surface area (Å²) in [4.78, 5) is 26.4. The Hall–Kier alpha value is -2.01. The third kappa shape index (κ3) is 3.09. The Balaban J connectivity index is 1.85. The van der Waals surface area contributed by atoms with Gasteiger partial charge in [0, 0.05) is 43.0 Å². The van der Waals surface area contributed by atoms with E-state index in [4.69, 9.17) is 4.98 Å². The predicted molar refractivity (Wildman–Crippen MR) is 85.6 cm³/mol. The van der Waals surface area contributed by atoms with Crippen LogP contribution >= 0.6 is 0 Å². The summed E-state index contributed by atoms with van der Waals surface area (Å²) in [6.45, 7) is 8.63. The van der Waals surface area contributed by atoms with Crippen LogP contribution in [-0.2, 0) is 24.9 Å². The molecule has 0 aliphatic carbocycles. The summed E-state index contributed by atoms with van der Waals surface area (Å²) in [5.74, 6) is 0.763. The van der Waals surface area contributed by atoms with Gasteiger partial charge in [0.2, 0.25) is 0 Å². The Labute approximate surface area is 130 Å². The summed E-state index contributed by atoms with van der Waals surface area (Å²) < 4.78 is 0. The van der Waals surface area contributed by atoms with Crippen LogP contribution in [-0.4, -0.2) is 26.4 Å². The number of rotatable bonds is 2. The molecule has 5 heteroatoms. The molecule has 0 amide bonds. The summed E-state index contributed by atoms with van der Waals surface area (Å²) >= 11 is 0. The highest BCUT2D eigenvalue weighted by Gasteiger charge is 2.24. The van der Waals surface area contributed by atoms with E-state index < -0.39 is 0 Å². The molecule has 1 aliphatic heterocycles. The quantitative estimate of drug-likeness (QED) is 0.921. The lowest BCUT2D eigenvalue weighted by molar-refractivity contribution is 0.239. The predicted octanol–water partition coefficient (Wildman–Crippen LogP) is 2.02. The van der Waals surface area contributed by atoms with Gasteiger partial charge in [-0.1, -0.05) is 26.8 Å². The third-order valence-corrected chi connectivity index (χ3v) is 3.99. The van der Waals surface area contributed by atoms with Crippen molar-refractivity contribution in [3.63, 3.8) is 0 Å². The SMILES string of the molecule is CC(C)(C)c1nc2c(c(=O)[nH]1)CCN(Cc1cccnc1)C2. The minimum Gasteiger partial charge on any atom is -0.310 e. The van der Waals surface area contributed by atoms with Crippen molar-refractivity contribution in [3.8, 4) is 0 Å². The highest BCUT2D eigenvalue weighted by molar-refractivity contribution is 5.23. The molecule has 0 saturated heterocycles. The maximum atomic E-state index is 12.3. The number of pyridine rings is 1. The molecule has 116 valence electrons. The van der Waals surface area contributed by atoms with Crippen molar-refractivity contribution >= 4 is 0 Å². The van der Waals surface area contributed by atoms with Gasteiger partial charge in [-0.15, -0.1) is 0 Å². The smallest absolute Gasteiger partial charge is 0.254 e. The molecule has 0 atom stereocenters. The molecule has 0 radical (unpaired) electrons. The molecule has 2 aromatic heterocycles. The van der Waals surface area contributed by atoms with Crippen LogP contribution in [0.1, 0.15) is 43.4 Å². The van der Waals surface area contributed by atoms with Gasteiger partial charge in [-0.2, -0.15) is 0 Å². The Morgan fingerprint density at radius 1 is 1.36 bits per heavy atom. The Kier molecular flexibility index (Phi) is 3.83. The average molecular weight is 298 g/mol. The summed E-state index contributed by atoms with van der Waals surface area (Å²) in [5.41, 5.74) is 2.82. The van der Waals surface area contributed by atoms with Gasteiger partial charge in [-0.25, -0.2) is 4.98 Å². The van der Waals surface area contributed by atoms with Gasteiger partial charge in [0.15, 0.2) is 0 Å². The number of hydrogen-bond acceptors (Lipinski definition) is 4. The van der Waals surface area contributed by atoms with E-state index in [-0.39, 0.29) is 11.0 Å². The molecule has 0 spiro atoms. The van der Waals surface area contributed by atoms with Crippen LogP contribution < -0.4 is 5.56 Å². The van der Waals surface area contributed by atoms with E-state index in [9.17, 15) is 4.79 Å². The fourth-order valence-corrected chi connectivity index (χ4v) is 2.73. The van der Waals surface area contributed by atoms with Gasteiger partial charge in [-0.05, 0) is 18.1 Å². The van der Waals surface area contributed by atoms with Crippen molar-refractivity contribution in [3.05, 3.63) is 57.5 Å². The van der Waals surface area contributed by atoms with Crippen LogP contribution in [0.3, 0.4) is 0 Å². The maximum absolute atomic E-state index is 12.3.